The zero-order valence-electron chi connectivity index (χ0n) is 15.1. The zero-order chi connectivity index (χ0) is 17.6. The zero-order valence-corrected chi connectivity index (χ0v) is 15.1. The summed E-state index contributed by atoms with van der Waals surface area (Å²) >= 11 is 0. The van der Waals surface area contributed by atoms with E-state index in [1.165, 1.54) is 32.7 Å². The number of fused-ring (bicyclic) bond motifs is 2. The van der Waals surface area contributed by atoms with Gasteiger partial charge < -0.3 is 0 Å². The van der Waals surface area contributed by atoms with E-state index in [4.69, 9.17) is 0 Å². The second kappa shape index (κ2) is 7.89. The lowest BCUT2D eigenvalue weighted by molar-refractivity contribution is 0.876. The molecule has 0 fully saturated rings. The lowest BCUT2D eigenvalue weighted by Crippen LogP contribution is -1.89. The Morgan fingerprint density at radius 1 is 0.760 bits per heavy atom. The van der Waals surface area contributed by atoms with Crippen molar-refractivity contribution in [2.45, 2.75) is 33.1 Å². The van der Waals surface area contributed by atoms with Gasteiger partial charge in [-0.05, 0) is 46.4 Å². The molecule has 0 saturated carbocycles. The fourth-order valence-corrected chi connectivity index (χ4v) is 3.14. The third-order valence-electron chi connectivity index (χ3n) is 4.49. The predicted molar refractivity (Wildman–Crippen MR) is 107 cm³/mol. The molecule has 126 valence electrons. The second-order valence-electron chi connectivity index (χ2n) is 6.47. The number of rotatable bonds is 2. The minimum absolute atomic E-state index is 0.563. The number of aromatic nitrogens is 2. The second-order valence-corrected chi connectivity index (χ2v) is 6.47. The largest absolute Gasteiger partial charge is 0.264 e. The van der Waals surface area contributed by atoms with Crippen LogP contribution in [0.15, 0.2) is 73.3 Å². The van der Waals surface area contributed by atoms with E-state index < -0.39 is 0 Å². The van der Waals surface area contributed by atoms with Gasteiger partial charge in [0, 0.05) is 35.6 Å². The molecule has 2 aromatic heterocycles. The van der Waals surface area contributed by atoms with Gasteiger partial charge in [-0.1, -0.05) is 57.2 Å². The first-order chi connectivity index (χ1) is 12.2. The highest BCUT2D eigenvalue weighted by Gasteiger charge is 2.03. The standard InChI is InChI=1S/C12H13N.C11H11N/c1-9(2)11-5-3-4-10-6-7-13-8-12(10)11;1-2-9-4-3-5-10-8-12-7-6-11(9)10/h3-9H,1-2H3;3-8H,2H2,1H3. The maximum absolute atomic E-state index is 4.16. The highest BCUT2D eigenvalue weighted by atomic mass is 14.6. The first-order valence-corrected chi connectivity index (χ1v) is 8.85. The quantitative estimate of drug-likeness (QED) is 0.440. The minimum Gasteiger partial charge on any atom is -0.264 e. The summed E-state index contributed by atoms with van der Waals surface area (Å²) in [5, 5.41) is 5.12. The van der Waals surface area contributed by atoms with E-state index in [0.29, 0.717) is 5.92 Å². The van der Waals surface area contributed by atoms with Crippen molar-refractivity contribution in [2.75, 3.05) is 0 Å². The molecule has 0 radical (unpaired) electrons. The van der Waals surface area contributed by atoms with Gasteiger partial charge in [-0.15, -0.1) is 0 Å². The van der Waals surface area contributed by atoms with Crippen molar-refractivity contribution in [1.82, 2.24) is 9.97 Å². The highest BCUT2D eigenvalue weighted by Crippen LogP contribution is 2.23. The Bertz CT molecular complexity index is 963. The molecule has 0 saturated heterocycles. The predicted octanol–water partition coefficient (Wildman–Crippen LogP) is 6.16. The molecule has 2 heterocycles. The summed E-state index contributed by atoms with van der Waals surface area (Å²) in [6, 6.07) is 16.9. The molecule has 0 aliphatic carbocycles. The van der Waals surface area contributed by atoms with Crippen LogP contribution in [-0.4, -0.2) is 9.97 Å². The maximum Gasteiger partial charge on any atom is 0.0349 e. The smallest absolute Gasteiger partial charge is 0.0349 e. The lowest BCUT2D eigenvalue weighted by Gasteiger charge is -2.08. The lowest BCUT2D eigenvalue weighted by atomic mass is 9.98. The summed E-state index contributed by atoms with van der Waals surface area (Å²) in [5.74, 6) is 0.563. The number of aryl methyl sites for hydroxylation is 1. The molecule has 0 bridgehead atoms. The van der Waals surface area contributed by atoms with E-state index >= 15 is 0 Å². The number of hydrogen-bond acceptors (Lipinski definition) is 2. The van der Waals surface area contributed by atoms with Gasteiger partial charge in [-0.2, -0.15) is 0 Å². The van der Waals surface area contributed by atoms with Crippen molar-refractivity contribution in [3.8, 4) is 0 Å². The van der Waals surface area contributed by atoms with Crippen LogP contribution in [0.1, 0.15) is 37.8 Å². The van der Waals surface area contributed by atoms with Gasteiger partial charge in [0.1, 0.15) is 0 Å². The molecule has 2 nitrogen and oxygen atoms in total. The van der Waals surface area contributed by atoms with E-state index in [-0.39, 0.29) is 0 Å². The normalized spacial score (nSPS) is 10.7. The third-order valence-corrected chi connectivity index (χ3v) is 4.49. The van der Waals surface area contributed by atoms with Gasteiger partial charge in [0.2, 0.25) is 0 Å². The van der Waals surface area contributed by atoms with Gasteiger partial charge in [-0.25, -0.2) is 0 Å². The van der Waals surface area contributed by atoms with E-state index in [0.717, 1.165) is 6.42 Å². The average Bonchev–Trinajstić information content (AvgIpc) is 2.67. The third kappa shape index (κ3) is 3.85. The number of pyridine rings is 2. The summed E-state index contributed by atoms with van der Waals surface area (Å²) in [7, 11) is 0. The molecule has 0 N–H and O–H groups in total. The van der Waals surface area contributed by atoms with Crippen LogP contribution in [0.4, 0.5) is 0 Å². The first-order valence-electron chi connectivity index (χ1n) is 8.85. The van der Waals surface area contributed by atoms with Gasteiger partial charge >= 0.3 is 0 Å². The van der Waals surface area contributed by atoms with Crippen LogP contribution in [0.5, 0.6) is 0 Å². The van der Waals surface area contributed by atoms with Crippen LogP contribution in [0.3, 0.4) is 0 Å². The molecule has 0 amide bonds. The van der Waals surface area contributed by atoms with Crippen molar-refractivity contribution in [3.63, 3.8) is 0 Å². The molecule has 0 aliphatic rings. The average molecular weight is 328 g/mol. The number of nitrogens with zero attached hydrogens (tertiary/aromatic N) is 2. The molecule has 2 heteroatoms. The van der Waals surface area contributed by atoms with Crippen LogP contribution in [0.25, 0.3) is 21.5 Å². The first kappa shape index (κ1) is 17.1. The Morgan fingerprint density at radius 2 is 1.48 bits per heavy atom. The summed E-state index contributed by atoms with van der Waals surface area (Å²) in [6.45, 7) is 6.60. The summed E-state index contributed by atoms with van der Waals surface area (Å²) in [6.07, 6.45) is 8.63. The topological polar surface area (TPSA) is 25.8 Å². The van der Waals surface area contributed by atoms with Crippen molar-refractivity contribution < 1.29 is 0 Å². The van der Waals surface area contributed by atoms with E-state index in [1.54, 1.807) is 0 Å². The number of hydrogen-bond donors (Lipinski definition) is 0. The van der Waals surface area contributed by atoms with Gasteiger partial charge in [0.15, 0.2) is 0 Å². The Balaban J connectivity index is 0.000000146. The fourth-order valence-electron chi connectivity index (χ4n) is 3.14. The summed E-state index contributed by atoms with van der Waals surface area (Å²) < 4.78 is 0. The Hall–Kier alpha value is -2.74. The minimum atomic E-state index is 0.563. The SMILES string of the molecule is CC(C)c1cccc2ccncc12.CCc1cccc2cnccc12. The maximum atomic E-state index is 4.16. The van der Waals surface area contributed by atoms with Gasteiger partial charge in [-0.3, -0.25) is 9.97 Å². The van der Waals surface area contributed by atoms with Crippen LogP contribution in [0.2, 0.25) is 0 Å². The van der Waals surface area contributed by atoms with E-state index in [1.807, 2.05) is 24.8 Å². The van der Waals surface area contributed by atoms with Gasteiger partial charge in [0.05, 0.1) is 0 Å². The fraction of sp³-hybridized carbons (Fsp3) is 0.217. The van der Waals surface area contributed by atoms with Crippen molar-refractivity contribution in [3.05, 3.63) is 84.4 Å². The molecular formula is C23H24N2. The monoisotopic (exact) mass is 328 g/mol. The molecule has 25 heavy (non-hydrogen) atoms. The molecule has 4 aromatic rings. The van der Waals surface area contributed by atoms with Crippen LogP contribution >= 0.6 is 0 Å². The van der Waals surface area contributed by atoms with Crippen LogP contribution < -0.4 is 0 Å². The Kier molecular flexibility index (Phi) is 5.39. The van der Waals surface area contributed by atoms with Crippen molar-refractivity contribution in [2.24, 2.45) is 0 Å². The Labute approximate surface area is 149 Å². The summed E-state index contributed by atoms with van der Waals surface area (Å²) in [4.78, 5) is 8.24. The van der Waals surface area contributed by atoms with E-state index in [2.05, 4.69) is 79.3 Å². The molecule has 0 unspecified atom stereocenters. The molecule has 0 spiro atoms. The molecular weight excluding hydrogens is 304 g/mol. The molecule has 0 atom stereocenters. The molecule has 4 rings (SSSR count). The molecule has 0 aliphatic heterocycles. The van der Waals surface area contributed by atoms with Crippen LogP contribution in [-0.2, 0) is 6.42 Å². The number of benzene rings is 2. The Morgan fingerprint density at radius 3 is 2.28 bits per heavy atom. The van der Waals surface area contributed by atoms with Crippen molar-refractivity contribution in [1.29, 1.82) is 0 Å². The summed E-state index contributed by atoms with van der Waals surface area (Å²) in [5.41, 5.74) is 2.78. The molecule has 2 aromatic carbocycles. The van der Waals surface area contributed by atoms with Crippen LogP contribution in [0, 0.1) is 0 Å². The van der Waals surface area contributed by atoms with Crippen molar-refractivity contribution >= 4 is 21.5 Å². The van der Waals surface area contributed by atoms with E-state index in [9.17, 15) is 0 Å². The highest BCUT2D eigenvalue weighted by molar-refractivity contribution is 5.85. The van der Waals surface area contributed by atoms with Gasteiger partial charge in [0.25, 0.3) is 0 Å².